The molecule has 0 aliphatic carbocycles. The van der Waals surface area contributed by atoms with E-state index in [9.17, 15) is 4.79 Å². The molecule has 0 bridgehead atoms. The molecule has 1 aliphatic rings. The van der Waals surface area contributed by atoms with Gasteiger partial charge in [0.15, 0.2) is 0 Å². The van der Waals surface area contributed by atoms with E-state index in [1.54, 1.807) is 0 Å². The standard InChI is InChI=1S/C7H13NO2/c1-2-3-10-7(9)6-4-8-5-6/h6,8H,2-5H2,1H3. The molecule has 0 spiro atoms. The van der Waals surface area contributed by atoms with Gasteiger partial charge in [-0.1, -0.05) is 6.92 Å². The maximum atomic E-state index is 10.9. The maximum Gasteiger partial charge on any atom is 0.311 e. The summed E-state index contributed by atoms with van der Waals surface area (Å²) in [6, 6.07) is 0. The highest BCUT2D eigenvalue weighted by Crippen LogP contribution is 2.04. The Hall–Kier alpha value is -0.570. The van der Waals surface area contributed by atoms with E-state index in [-0.39, 0.29) is 11.9 Å². The second kappa shape index (κ2) is 3.56. The van der Waals surface area contributed by atoms with Gasteiger partial charge in [0.25, 0.3) is 0 Å². The SMILES string of the molecule is CCCOC(=O)C1CNC1. The summed E-state index contributed by atoms with van der Waals surface area (Å²) in [4.78, 5) is 10.9. The molecule has 0 unspecified atom stereocenters. The molecule has 1 N–H and O–H groups in total. The molecule has 1 fully saturated rings. The smallest absolute Gasteiger partial charge is 0.311 e. The lowest BCUT2D eigenvalue weighted by Crippen LogP contribution is -2.47. The Morgan fingerprint density at radius 2 is 2.40 bits per heavy atom. The lowest BCUT2D eigenvalue weighted by molar-refractivity contribution is -0.150. The molecule has 0 amide bonds. The summed E-state index contributed by atoms with van der Waals surface area (Å²) in [7, 11) is 0. The third kappa shape index (κ3) is 1.70. The molecular weight excluding hydrogens is 130 g/mol. The molecule has 0 atom stereocenters. The quantitative estimate of drug-likeness (QED) is 0.572. The number of carbonyl (C=O) groups is 1. The van der Waals surface area contributed by atoms with Crippen molar-refractivity contribution in [1.29, 1.82) is 0 Å². The number of rotatable bonds is 3. The van der Waals surface area contributed by atoms with Crippen molar-refractivity contribution in [2.45, 2.75) is 13.3 Å². The van der Waals surface area contributed by atoms with Crippen LogP contribution in [0.5, 0.6) is 0 Å². The minimum absolute atomic E-state index is 0.0411. The highest BCUT2D eigenvalue weighted by molar-refractivity contribution is 5.73. The summed E-state index contributed by atoms with van der Waals surface area (Å²) < 4.78 is 4.92. The third-order valence-electron chi connectivity index (χ3n) is 1.56. The van der Waals surface area contributed by atoms with Crippen LogP contribution in [-0.2, 0) is 9.53 Å². The first-order valence-corrected chi connectivity index (χ1v) is 3.72. The second-order valence-electron chi connectivity index (χ2n) is 2.52. The van der Waals surface area contributed by atoms with Crippen LogP contribution in [0.1, 0.15) is 13.3 Å². The second-order valence-corrected chi connectivity index (χ2v) is 2.52. The minimum atomic E-state index is -0.0411. The largest absolute Gasteiger partial charge is 0.465 e. The van der Waals surface area contributed by atoms with Gasteiger partial charge in [-0.2, -0.15) is 0 Å². The van der Waals surface area contributed by atoms with Crippen molar-refractivity contribution >= 4 is 5.97 Å². The number of ether oxygens (including phenoxy) is 1. The first-order chi connectivity index (χ1) is 4.84. The van der Waals surface area contributed by atoms with Gasteiger partial charge in [-0.3, -0.25) is 4.79 Å². The molecule has 0 saturated carbocycles. The molecule has 1 heterocycles. The first kappa shape index (κ1) is 7.54. The van der Waals surface area contributed by atoms with Crippen molar-refractivity contribution < 1.29 is 9.53 Å². The molecule has 0 aromatic carbocycles. The highest BCUT2D eigenvalue weighted by atomic mass is 16.5. The molecule has 0 aromatic rings. The first-order valence-electron chi connectivity index (χ1n) is 3.72. The molecule has 1 aliphatic heterocycles. The van der Waals surface area contributed by atoms with Crippen LogP contribution < -0.4 is 5.32 Å². The van der Waals surface area contributed by atoms with Gasteiger partial charge < -0.3 is 10.1 Å². The van der Waals surface area contributed by atoms with Crippen molar-refractivity contribution in [3.05, 3.63) is 0 Å². The van der Waals surface area contributed by atoms with Gasteiger partial charge in [-0.05, 0) is 6.42 Å². The van der Waals surface area contributed by atoms with Crippen LogP contribution >= 0.6 is 0 Å². The Kier molecular flexibility index (Phi) is 2.68. The van der Waals surface area contributed by atoms with E-state index in [0.717, 1.165) is 19.5 Å². The summed E-state index contributed by atoms with van der Waals surface area (Å²) in [5.74, 6) is 0.0900. The van der Waals surface area contributed by atoms with E-state index in [0.29, 0.717) is 6.61 Å². The molecule has 0 aromatic heterocycles. The zero-order valence-corrected chi connectivity index (χ0v) is 6.22. The summed E-state index contributed by atoms with van der Waals surface area (Å²) in [5.41, 5.74) is 0. The van der Waals surface area contributed by atoms with E-state index in [2.05, 4.69) is 5.32 Å². The van der Waals surface area contributed by atoms with Gasteiger partial charge in [0, 0.05) is 13.1 Å². The van der Waals surface area contributed by atoms with Crippen LogP contribution in [0.15, 0.2) is 0 Å². The van der Waals surface area contributed by atoms with Crippen molar-refractivity contribution in [1.82, 2.24) is 5.32 Å². The summed E-state index contributed by atoms with van der Waals surface area (Å²) in [5, 5.41) is 3.02. The van der Waals surface area contributed by atoms with Crippen LogP contribution in [0.2, 0.25) is 0 Å². The normalized spacial score (nSPS) is 18.1. The summed E-state index contributed by atoms with van der Waals surface area (Å²) >= 11 is 0. The van der Waals surface area contributed by atoms with Crippen molar-refractivity contribution in [2.24, 2.45) is 5.92 Å². The van der Waals surface area contributed by atoms with Crippen LogP contribution in [0.4, 0.5) is 0 Å². The monoisotopic (exact) mass is 143 g/mol. The van der Waals surface area contributed by atoms with Gasteiger partial charge in [-0.25, -0.2) is 0 Å². The molecule has 58 valence electrons. The van der Waals surface area contributed by atoms with Gasteiger partial charge in [-0.15, -0.1) is 0 Å². The number of carbonyl (C=O) groups excluding carboxylic acids is 1. The van der Waals surface area contributed by atoms with E-state index in [1.165, 1.54) is 0 Å². The molecule has 3 heteroatoms. The molecular formula is C7H13NO2. The van der Waals surface area contributed by atoms with Gasteiger partial charge >= 0.3 is 5.97 Å². The Balaban J connectivity index is 2.08. The topological polar surface area (TPSA) is 38.3 Å². The fraction of sp³-hybridized carbons (Fsp3) is 0.857. The van der Waals surface area contributed by atoms with Crippen LogP contribution in [-0.4, -0.2) is 25.7 Å². The Labute approximate surface area is 60.7 Å². The van der Waals surface area contributed by atoms with E-state index < -0.39 is 0 Å². The van der Waals surface area contributed by atoms with Crippen LogP contribution in [0, 0.1) is 5.92 Å². The predicted octanol–water partition coefficient (Wildman–Crippen LogP) is 0.159. The molecule has 3 nitrogen and oxygen atoms in total. The van der Waals surface area contributed by atoms with Crippen LogP contribution in [0.25, 0.3) is 0 Å². The molecule has 1 rings (SSSR count). The van der Waals surface area contributed by atoms with Crippen molar-refractivity contribution in [2.75, 3.05) is 19.7 Å². The average Bonchev–Trinajstić information content (AvgIpc) is 1.79. The number of hydrogen-bond acceptors (Lipinski definition) is 3. The molecule has 1 saturated heterocycles. The maximum absolute atomic E-state index is 10.9. The van der Waals surface area contributed by atoms with Crippen molar-refractivity contribution in [3.8, 4) is 0 Å². The minimum Gasteiger partial charge on any atom is -0.465 e. The Morgan fingerprint density at radius 1 is 1.70 bits per heavy atom. The molecule has 0 radical (unpaired) electrons. The van der Waals surface area contributed by atoms with E-state index in [4.69, 9.17) is 4.74 Å². The molecule has 10 heavy (non-hydrogen) atoms. The van der Waals surface area contributed by atoms with E-state index >= 15 is 0 Å². The zero-order valence-electron chi connectivity index (χ0n) is 6.22. The lowest BCUT2D eigenvalue weighted by Gasteiger charge is -2.24. The Morgan fingerprint density at radius 3 is 2.80 bits per heavy atom. The Bertz CT molecular complexity index is 121. The van der Waals surface area contributed by atoms with Gasteiger partial charge in [0.1, 0.15) is 0 Å². The third-order valence-corrected chi connectivity index (χ3v) is 1.56. The number of hydrogen-bond donors (Lipinski definition) is 1. The fourth-order valence-corrected chi connectivity index (χ4v) is 0.776. The average molecular weight is 143 g/mol. The van der Waals surface area contributed by atoms with Crippen molar-refractivity contribution in [3.63, 3.8) is 0 Å². The number of nitrogens with one attached hydrogen (secondary N) is 1. The lowest BCUT2D eigenvalue weighted by atomic mass is 10.0. The fourth-order valence-electron chi connectivity index (χ4n) is 0.776. The number of esters is 1. The summed E-state index contributed by atoms with van der Waals surface area (Å²) in [6.45, 7) is 4.15. The zero-order chi connectivity index (χ0) is 7.40. The van der Waals surface area contributed by atoms with Gasteiger partial charge in [0.2, 0.25) is 0 Å². The summed E-state index contributed by atoms with van der Waals surface area (Å²) in [6.07, 6.45) is 0.909. The predicted molar refractivity (Wildman–Crippen MR) is 37.6 cm³/mol. The highest BCUT2D eigenvalue weighted by Gasteiger charge is 2.25. The van der Waals surface area contributed by atoms with E-state index in [1.807, 2.05) is 6.92 Å². The van der Waals surface area contributed by atoms with Gasteiger partial charge in [0.05, 0.1) is 12.5 Å². The van der Waals surface area contributed by atoms with Crippen LogP contribution in [0.3, 0.4) is 0 Å².